The molecule has 29 heavy (non-hydrogen) atoms. The van der Waals surface area contributed by atoms with Crippen LogP contribution in [-0.4, -0.2) is 51.8 Å². The van der Waals surface area contributed by atoms with Gasteiger partial charge in [-0.05, 0) is 50.8 Å². The molecule has 0 bridgehead atoms. The minimum Gasteiger partial charge on any atom is -0.595 e. The number of rotatable bonds is 6. The van der Waals surface area contributed by atoms with E-state index in [2.05, 4.69) is 10.2 Å². The second kappa shape index (κ2) is 10.1. The first-order valence-corrected chi connectivity index (χ1v) is 11.0. The summed E-state index contributed by atoms with van der Waals surface area (Å²) in [4.78, 5) is 15.1. The van der Waals surface area contributed by atoms with Gasteiger partial charge >= 0.3 is 0 Å². The van der Waals surface area contributed by atoms with Gasteiger partial charge in [0, 0.05) is 23.7 Å². The third-order valence-electron chi connectivity index (χ3n) is 5.64. The summed E-state index contributed by atoms with van der Waals surface area (Å²) in [5, 5.41) is 21.7. The van der Waals surface area contributed by atoms with Gasteiger partial charge in [-0.2, -0.15) is 5.23 Å². The van der Waals surface area contributed by atoms with Crippen LogP contribution in [0.4, 0.5) is 5.69 Å². The largest absolute Gasteiger partial charge is 0.595 e. The van der Waals surface area contributed by atoms with Crippen molar-refractivity contribution in [3.63, 3.8) is 0 Å². The van der Waals surface area contributed by atoms with E-state index in [1.807, 2.05) is 0 Å². The van der Waals surface area contributed by atoms with E-state index in [9.17, 15) is 10.0 Å². The van der Waals surface area contributed by atoms with E-state index in [-0.39, 0.29) is 11.3 Å². The van der Waals surface area contributed by atoms with E-state index in [1.165, 1.54) is 37.1 Å². The lowest BCUT2D eigenvalue weighted by molar-refractivity contribution is -0.991. The van der Waals surface area contributed by atoms with E-state index >= 15 is 0 Å². The predicted molar refractivity (Wildman–Crippen MR) is 112 cm³/mol. The number of ether oxygens (including phenoxy) is 1. The van der Waals surface area contributed by atoms with Crippen LogP contribution in [0.15, 0.2) is 24.3 Å². The molecule has 3 rings (SSSR count). The normalized spacial score (nSPS) is 25.1. The molecule has 10 heteroatoms. The number of quaternary nitrogens is 1. The summed E-state index contributed by atoms with van der Waals surface area (Å²) in [6.45, 7) is 2.62. The van der Waals surface area contributed by atoms with Crippen molar-refractivity contribution in [1.82, 2.24) is 10.2 Å². The van der Waals surface area contributed by atoms with Gasteiger partial charge in [0.05, 0.1) is 6.61 Å². The molecule has 1 unspecified atom stereocenters. The number of piperidine rings is 2. The number of nitrogens with one attached hydrogen (secondary N) is 2. The van der Waals surface area contributed by atoms with Crippen molar-refractivity contribution >= 4 is 46.4 Å². The summed E-state index contributed by atoms with van der Waals surface area (Å²) < 4.78 is 4.03. The maximum atomic E-state index is 12.6. The Kier molecular flexibility index (Phi) is 8.03. The second-order valence-electron chi connectivity index (χ2n) is 7.62. The fraction of sp³-hybridized carbons (Fsp3) is 0.632. The zero-order valence-corrected chi connectivity index (χ0v) is 18.2. The third-order valence-corrected chi connectivity index (χ3v) is 6.23. The number of hydrogen-bond acceptors (Lipinski definition) is 5. The number of nitrogens with zero attached hydrogens (tertiary/aromatic N) is 1. The van der Waals surface area contributed by atoms with Gasteiger partial charge in [-0.25, -0.2) is 5.21 Å². The molecule has 0 aliphatic carbocycles. The Morgan fingerprint density at radius 1 is 1.31 bits per heavy atom. The average molecular weight is 467 g/mol. The van der Waals surface area contributed by atoms with Crippen LogP contribution in [0.1, 0.15) is 42.5 Å². The summed E-state index contributed by atoms with van der Waals surface area (Å²) in [6, 6.07) is 6.13. The molecule has 1 aromatic carbocycles. The second-order valence-corrected chi connectivity index (χ2v) is 9.98. The molecule has 2 aliphatic heterocycles. The lowest BCUT2D eigenvalue weighted by atomic mass is 9.84. The molecule has 2 heterocycles. The van der Waals surface area contributed by atoms with Crippen LogP contribution in [0.3, 0.4) is 0 Å². The maximum absolute atomic E-state index is 12.6. The molecular formula is C19H26Cl3N3O4. The van der Waals surface area contributed by atoms with E-state index in [4.69, 9.17) is 44.7 Å². The molecule has 1 amide bonds. The van der Waals surface area contributed by atoms with Gasteiger partial charge < -0.3 is 20.2 Å². The summed E-state index contributed by atoms with van der Waals surface area (Å²) in [7, 11) is 0. The molecule has 4 atom stereocenters. The van der Waals surface area contributed by atoms with Gasteiger partial charge in [0.1, 0.15) is 0 Å². The van der Waals surface area contributed by atoms with Crippen molar-refractivity contribution in [3.05, 3.63) is 35.0 Å². The average Bonchev–Trinajstić information content (AvgIpc) is 2.70. The number of halogens is 3. The zero-order chi connectivity index (χ0) is 21.0. The third kappa shape index (κ3) is 6.18. The molecule has 1 aromatic rings. The Labute approximate surface area is 185 Å². The van der Waals surface area contributed by atoms with Crippen molar-refractivity contribution in [1.29, 1.82) is 0 Å². The van der Waals surface area contributed by atoms with Crippen molar-refractivity contribution in [3.8, 4) is 0 Å². The molecule has 7 nitrogen and oxygen atoms in total. The number of benzene rings is 1. The Hall–Kier alpha value is -0.640. The summed E-state index contributed by atoms with van der Waals surface area (Å²) in [5.41, 5.74) is 0.160. The Balaban J connectivity index is 1.64. The lowest BCUT2D eigenvalue weighted by Gasteiger charge is -2.44. The molecule has 2 aliphatic rings. The Bertz CT molecular complexity index is 700. The van der Waals surface area contributed by atoms with Gasteiger partial charge in [-0.3, -0.25) is 4.79 Å². The Morgan fingerprint density at radius 2 is 2.07 bits per heavy atom. The van der Waals surface area contributed by atoms with Crippen molar-refractivity contribution in [2.45, 2.75) is 48.2 Å². The predicted octanol–water partition coefficient (Wildman–Crippen LogP) is 2.80. The minimum absolute atomic E-state index is 0.00333. The molecule has 0 saturated carbocycles. The first kappa shape index (κ1) is 23.0. The van der Waals surface area contributed by atoms with Crippen molar-refractivity contribution in [2.24, 2.45) is 5.92 Å². The van der Waals surface area contributed by atoms with E-state index in [1.54, 1.807) is 0 Å². The number of carbonyl (C=O) groups is 1. The van der Waals surface area contributed by atoms with Crippen molar-refractivity contribution in [2.75, 3.05) is 19.7 Å². The zero-order valence-electron chi connectivity index (χ0n) is 16.0. The minimum atomic E-state index is -1.86. The van der Waals surface area contributed by atoms with Crippen LogP contribution in [-0.2, 0) is 4.74 Å². The fourth-order valence-corrected chi connectivity index (χ4v) is 4.56. The quantitative estimate of drug-likeness (QED) is 0.341. The maximum Gasteiger partial charge on any atom is 0.253 e. The molecule has 0 aromatic heterocycles. The number of amides is 1. The van der Waals surface area contributed by atoms with Gasteiger partial charge in [0.15, 0.2) is 11.9 Å². The van der Waals surface area contributed by atoms with Crippen LogP contribution in [0.5, 0.6) is 0 Å². The molecule has 0 spiro atoms. The fourth-order valence-electron chi connectivity index (χ4n) is 4.21. The molecule has 3 N–H and O–H groups in total. The smallest absolute Gasteiger partial charge is 0.253 e. The number of alkyl halides is 3. The topological polar surface area (TPSA) is 89.3 Å². The highest BCUT2D eigenvalue weighted by Gasteiger charge is 2.38. The lowest BCUT2D eigenvalue weighted by Crippen LogP contribution is -2.99. The monoisotopic (exact) mass is 465 g/mol. The van der Waals surface area contributed by atoms with Crippen LogP contribution in [0, 0.1) is 11.1 Å². The highest BCUT2D eigenvalue weighted by molar-refractivity contribution is 6.68. The number of fused-ring (bicyclic) bond motifs is 1. The van der Waals surface area contributed by atoms with Crippen LogP contribution in [0.2, 0.25) is 0 Å². The SMILES string of the molecule is O=C(N[C@@H](OC[C@H]1CCCN2CCCC[C@H]12)C(Cl)(Cl)Cl)c1cccc([NH+]([O-])O)c1. The van der Waals surface area contributed by atoms with Gasteiger partial charge in [-0.15, -0.1) is 0 Å². The van der Waals surface area contributed by atoms with Gasteiger partial charge in [-0.1, -0.05) is 47.3 Å². The first-order chi connectivity index (χ1) is 13.8. The summed E-state index contributed by atoms with van der Waals surface area (Å²) in [6.07, 6.45) is 4.59. The van der Waals surface area contributed by atoms with Crippen molar-refractivity contribution < 1.29 is 20.0 Å². The van der Waals surface area contributed by atoms with E-state index in [0.717, 1.165) is 32.4 Å². The summed E-state index contributed by atoms with van der Waals surface area (Å²) in [5.74, 6) is -0.237. The number of hydrogen-bond donors (Lipinski definition) is 3. The Morgan fingerprint density at radius 3 is 2.79 bits per heavy atom. The molecular weight excluding hydrogens is 441 g/mol. The molecule has 2 fully saturated rings. The molecule has 162 valence electrons. The van der Waals surface area contributed by atoms with Crippen LogP contribution >= 0.6 is 34.8 Å². The summed E-state index contributed by atoms with van der Waals surface area (Å²) >= 11 is 18.2. The molecule has 0 radical (unpaired) electrons. The van der Waals surface area contributed by atoms with Gasteiger partial charge in [0.25, 0.3) is 5.91 Å². The standard InChI is InChI=1S/C19H26Cl3N3O4/c20-19(21,22)18(23-17(26)13-5-3-7-15(11-13)25(27)28)29-12-14-6-4-10-24-9-2-1-8-16(14)24/h3,5,7,11,14,16,18,25,27H,1-2,4,6,8-10,12H2,(H,23,26)/t14-,16-,18+/m1/s1. The van der Waals surface area contributed by atoms with Crippen LogP contribution in [0.25, 0.3) is 0 Å². The highest BCUT2D eigenvalue weighted by atomic mass is 35.6. The van der Waals surface area contributed by atoms with Gasteiger partial charge in [0.2, 0.25) is 3.79 Å². The highest BCUT2D eigenvalue weighted by Crippen LogP contribution is 2.34. The first-order valence-electron chi connectivity index (χ1n) is 9.82. The van der Waals surface area contributed by atoms with Crippen LogP contribution < -0.4 is 10.5 Å². The number of carbonyl (C=O) groups excluding carboxylic acids is 1. The van der Waals surface area contributed by atoms with E-state index in [0.29, 0.717) is 18.6 Å². The molecule has 2 saturated heterocycles. The van der Waals surface area contributed by atoms with E-state index < -0.39 is 21.2 Å².